The lowest BCUT2D eigenvalue weighted by Gasteiger charge is -2.36. The SMILES string of the molecule is NCc1cc(F)ccc1N1CCCC(C(F)(F)F)C1. The van der Waals surface area contributed by atoms with E-state index in [2.05, 4.69) is 0 Å². The summed E-state index contributed by atoms with van der Waals surface area (Å²) in [4.78, 5) is 1.66. The van der Waals surface area contributed by atoms with Crippen LogP contribution in [0.3, 0.4) is 0 Å². The van der Waals surface area contributed by atoms with Crippen LogP contribution < -0.4 is 10.6 Å². The van der Waals surface area contributed by atoms with Gasteiger partial charge in [0.25, 0.3) is 0 Å². The number of benzene rings is 1. The molecule has 1 saturated heterocycles. The van der Waals surface area contributed by atoms with Gasteiger partial charge in [0.1, 0.15) is 5.82 Å². The minimum atomic E-state index is -4.18. The third-order valence-corrected chi connectivity index (χ3v) is 3.49. The molecule has 1 fully saturated rings. The smallest absolute Gasteiger partial charge is 0.371 e. The topological polar surface area (TPSA) is 29.3 Å². The van der Waals surface area contributed by atoms with Crippen molar-refractivity contribution in [2.45, 2.75) is 25.6 Å². The Hall–Kier alpha value is -1.30. The van der Waals surface area contributed by atoms with E-state index >= 15 is 0 Å². The number of hydrogen-bond donors (Lipinski definition) is 1. The lowest BCUT2D eigenvalue weighted by atomic mass is 9.96. The summed E-state index contributed by atoms with van der Waals surface area (Å²) in [6, 6.07) is 4.05. The average molecular weight is 276 g/mol. The molecular weight excluding hydrogens is 260 g/mol. The Morgan fingerprint density at radius 1 is 1.32 bits per heavy atom. The predicted molar refractivity (Wildman–Crippen MR) is 65.3 cm³/mol. The summed E-state index contributed by atoms with van der Waals surface area (Å²) < 4.78 is 51.4. The van der Waals surface area contributed by atoms with Crippen LogP contribution in [0.25, 0.3) is 0 Å². The molecule has 2 rings (SSSR count). The van der Waals surface area contributed by atoms with Gasteiger partial charge in [0, 0.05) is 25.3 Å². The molecule has 1 heterocycles. The predicted octanol–water partition coefficient (Wildman–Crippen LogP) is 3.06. The van der Waals surface area contributed by atoms with E-state index in [0.717, 1.165) is 0 Å². The first kappa shape index (κ1) is 14.1. The van der Waals surface area contributed by atoms with E-state index in [-0.39, 0.29) is 19.5 Å². The molecule has 1 aromatic rings. The second-order valence-electron chi connectivity index (χ2n) is 4.80. The molecule has 0 aliphatic carbocycles. The highest BCUT2D eigenvalue weighted by Crippen LogP contribution is 2.35. The number of rotatable bonds is 2. The van der Waals surface area contributed by atoms with E-state index in [1.807, 2.05) is 0 Å². The van der Waals surface area contributed by atoms with Gasteiger partial charge >= 0.3 is 6.18 Å². The second kappa shape index (κ2) is 5.36. The standard InChI is InChI=1S/C13H16F4N2/c14-11-3-4-12(9(6-11)7-18)19-5-1-2-10(8-19)13(15,16)17/h3-4,6,10H,1-2,5,7-8,18H2. The molecule has 0 aromatic heterocycles. The normalized spacial score (nSPS) is 20.7. The van der Waals surface area contributed by atoms with Crippen molar-refractivity contribution in [2.75, 3.05) is 18.0 Å². The summed E-state index contributed by atoms with van der Waals surface area (Å²) >= 11 is 0. The Morgan fingerprint density at radius 3 is 2.68 bits per heavy atom. The highest BCUT2D eigenvalue weighted by Gasteiger charge is 2.42. The molecule has 0 saturated carbocycles. The Bertz CT molecular complexity index is 445. The lowest BCUT2D eigenvalue weighted by molar-refractivity contribution is -0.176. The number of halogens is 4. The molecule has 0 radical (unpaired) electrons. The van der Waals surface area contributed by atoms with Gasteiger partial charge in [-0.05, 0) is 36.6 Å². The summed E-state index contributed by atoms with van der Waals surface area (Å²) in [7, 11) is 0. The van der Waals surface area contributed by atoms with Crippen molar-refractivity contribution in [3.8, 4) is 0 Å². The van der Waals surface area contributed by atoms with Gasteiger partial charge in [0.15, 0.2) is 0 Å². The van der Waals surface area contributed by atoms with Gasteiger partial charge in [-0.2, -0.15) is 13.2 Å². The van der Waals surface area contributed by atoms with Crippen LogP contribution in [0.5, 0.6) is 0 Å². The van der Waals surface area contributed by atoms with Gasteiger partial charge < -0.3 is 10.6 Å². The van der Waals surface area contributed by atoms with Gasteiger partial charge in [0.2, 0.25) is 0 Å². The molecule has 1 aliphatic heterocycles. The van der Waals surface area contributed by atoms with Crippen molar-refractivity contribution >= 4 is 5.69 Å². The molecule has 2 N–H and O–H groups in total. The fourth-order valence-corrected chi connectivity index (χ4v) is 2.49. The van der Waals surface area contributed by atoms with Crippen molar-refractivity contribution < 1.29 is 17.6 Å². The number of nitrogens with zero attached hydrogens (tertiary/aromatic N) is 1. The molecule has 19 heavy (non-hydrogen) atoms. The first-order chi connectivity index (χ1) is 8.91. The third-order valence-electron chi connectivity index (χ3n) is 3.49. The van der Waals surface area contributed by atoms with Gasteiger partial charge in [0.05, 0.1) is 5.92 Å². The van der Waals surface area contributed by atoms with Crippen LogP contribution in [0, 0.1) is 11.7 Å². The van der Waals surface area contributed by atoms with Crippen LogP contribution in [-0.4, -0.2) is 19.3 Å². The summed E-state index contributed by atoms with van der Waals surface area (Å²) in [6.45, 7) is 0.577. The molecule has 1 aliphatic rings. The van der Waals surface area contributed by atoms with Crippen molar-refractivity contribution in [3.05, 3.63) is 29.6 Å². The number of anilines is 1. The Kier molecular flexibility index (Phi) is 3.99. The van der Waals surface area contributed by atoms with Crippen LogP contribution >= 0.6 is 0 Å². The Morgan fingerprint density at radius 2 is 2.05 bits per heavy atom. The van der Waals surface area contributed by atoms with E-state index in [9.17, 15) is 17.6 Å². The number of hydrogen-bond acceptors (Lipinski definition) is 2. The average Bonchev–Trinajstić information content (AvgIpc) is 2.37. The quantitative estimate of drug-likeness (QED) is 0.841. The Balaban J connectivity index is 2.22. The van der Waals surface area contributed by atoms with E-state index in [1.165, 1.54) is 18.2 Å². The first-order valence-electron chi connectivity index (χ1n) is 6.22. The molecule has 1 aromatic carbocycles. The maximum absolute atomic E-state index is 13.1. The fourth-order valence-electron chi connectivity index (χ4n) is 2.49. The summed E-state index contributed by atoms with van der Waals surface area (Å²) in [6.07, 6.45) is -3.55. The highest BCUT2D eigenvalue weighted by molar-refractivity contribution is 5.54. The second-order valence-corrected chi connectivity index (χ2v) is 4.80. The zero-order chi connectivity index (χ0) is 14.0. The van der Waals surface area contributed by atoms with Gasteiger partial charge in [-0.25, -0.2) is 4.39 Å². The van der Waals surface area contributed by atoms with Crippen LogP contribution in [0.1, 0.15) is 18.4 Å². The third kappa shape index (κ3) is 3.18. The molecule has 0 bridgehead atoms. The molecular formula is C13H16F4N2. The van der Waals surface area contributed by atoms with Crippen molar-refractivity contribution in [3.63, 3.8) is 0 Å². The van der Waals surface area contributed by atoms with E-state index in [0.29, 0.717) is 24.2 Å². The van der Waals surface area contributed by atoms with Gasteiger partial charge in [-0.1, -0.05) is 0 Å². The van der Waals surface area contributed by atoms with Crippen LogP contribution in [-0.2, 0) is 6.54 Å². The largest absolute Gasteiger partial charge is 0.393 e. The van der Waals surface area contributed by atoms with Gasteiger partial charge in [-0.3, -0.25) is 0 Å². The molecule has 0 amide bonds. The van der Waals surface area contributed by atoms with E-state index in [4.69, 9.17) is 5.73 Å². The number of alkyl halides is 3. The summed E-state index contributed by atoms with van der Waals surface area (Å²) in [5.41, 5.74) is 6.68. The molecule has 106 valence electrons. The number of nitrogens with two attached hydrogens (primary N) is 1. The molecule has 6 heteroatoms. The van der Waals surface area contributed by atoms with Crippen LogP contribution in [0.15, 0.2) is 18.2 Å². The zero-order valence-corrected chi connectivity index (χ0v) is 10.4. The number of piperidine rings is 1. The van der Waals surface area contributed by atoms with Crippen LogP contribution in [0.2, 0.25) is 0 Å². The molecule has 1 atom stereocenters. The monoisotopic (exact) mass is 276 g/mol. The Labute approximate surface area is 109 Å². The van der Waals surface area contributed by atoms with Crippen LogP contribution in [0.4, 0.5) is 23.2 Å². The first-order valence-corrected chi connectivity index (χ1v) is 6.22. The minimum absolute atomic E-state index is 0.0812. The van der Waals surface area contributed by atoms with Crippen molar-refractivity contribution in [1.82, 2.24) is 0 Å². The van der Waals surface area contributed by atoms with Crippen molar-refractivity contribution in [2.24, 2.45) is 11.7 Å². The maximum Gasteiger partial charge on any atom is 0.393 e. The van der Waals surface area contributed by atoms with E-state index < -0.39 is 17.9 Å². The zero-order valence-electron chi connectivity index (χ0n) is 10.4. The minimum Gasteiger partial charge on any atom is -0.371 e. The summed E-state index contributed by atoms with van der Waals surface area (Å²) in [5.74, 6) is -1.74. The molecule has 2 nitrogen and oxygen atoms in total. The van der Waals surface area contributed by atoms with Gasteiger partial charge in [-0.15, -0.1) is 0 Å². The molecule has 1 unspecified atom stereocenters. The summed E-state index contributed by atoms with van der Waals surface area (Å²) in [5, 5.41) is 0. The van der Waals surface area contributed by atoms with Crippen molar-refractivity contribution in [1.29, 1.82) is 0 Å². The van der Waals surface area contributed by atoms with E-state index in [1.54, 1.807) is 4.90 Å². The fraction of sp³-hybridized carbons (Fsp3) is 0.538. The lowest BCUT2D eigenvalue weighted by Crippen LogP contribution is -2.42. The highest BCUT2D eigenvalue weighted by atomic mass is 19.4. The molecule has 0 spiro atoms. The maximum atomic E-state index is 13.1.